The molecule has 4 heteroatoms. The lowest BCUT2D eigenvalue weighted by molar-refractivity contribution is 0.224. The fraction of sp³-hybridized carbons (Fsp3) is 0.176. The summed E-state index contributed by atoms with van der Waals surface area (Å²) in [5, 5.41) is 11.5. The van der Waals surface area contributed by atoms with E-state index >= 15 is 0 Å². The highest BCUT2D eigenvalue weighted by Gasteiger charge is 2.18. The van der Waals surface area contributed by atoms with E-state index in [1.165, 1.54) is 23.5 Å². The van der Waals surface area contributed by atoms with Crippen LogP contribution in [0.3, 0.4) is 0 Å². The van der Waals surface area contributed by atoms with Crippen molar-refractivity contribution in [2.45, 2.75) is 12.5 Å². The van der Waals surface area contributed by atoms with Gasteiger partial charge >= 0.3 is 0 Å². The van der Waals surface area contributed by atoms with Crippen LogP contribution in [-0.4, -0.2) is 11.7 Å². The molecule has 0 fully saturated rings. The number of ether oxygens (including phenoxy) is 1. The second-order valence-corrected chi connectivity index (χ2v) is 6.31. The van der Waals surface area contributed by atoms with E-state index in [-0.39, 0.29) is 5.82 Å². The Kier molecular flexibility index (Phi) is 2.94. The number of thiophene rings is 1. The van der Waals surface area contributed by atoms with Gasteiger partial charge < -0.3 is 9.84 Å². The van der Waals surface area contributed by atoms with E-state index in [2.05, 4.69) is 0 Å². The van der Waals surface area contributed by atoms with Crippen LogP contribution in [0.2, 0.25) is 0 Å². The summed E-state index contributed by atoms with van der Waals surface area (Å²) in [7, 11) is 0. The third-order valence-electron chi connectivity index (χ3n) is 3.80. The van der Waals surface area contributed by atoms with E-state index in [9.17, 15) is 9.50 Å². The average Bonchev–Trinajstić information content (AvgIpc) is 3.11. The summed E-state index contributed by atoms with van der Waals surface area (Å²) in [6.07, 6.45) is 0.199. The molecule has 0 saturated heterocycles. The molecule has 21 heavy (non-hydrogen) atoms. The van der Waals surface area contributed by atoms with E-state index in [1.54, 1.807) is 6.07 Å². The van der Waals surface area contributed by atoms with Crippen molar-refractivity contribution in [3.05, 3.63) is 64.3 Å². The molecule has 106 valence electrons. The lowest BCUT2D eigenvalue weighted by atomic mass is 10.0. The van der Waals surface area contributed by atoms with Crippen LogP contribution in [0.5, 0.6) is 5.75 Å². The third-order valence-corrected chi connectivity index (χ3v) is 4.95. The zero-order chi connectivity index (χ0) is 14.4. The van der Waals surface area contributed by atoms with Crippen LogP contribution in [0, 0.1) is 5.82 Å². The van der Waals surface area contributed by atoms with Gasteiger partial charge in [-0.2, -0.15) is 0 Å². The van der Waals surface area contributed by atoms with Crippen LogP contribution in [-0.2, 0) is 6.42 Å². The Morgan fingerprint density at radius 3 is 2.95 bits per heavy atom. The minimum atomic E-state index is -0.684. The van der Waals surface area contributed by atoms with Crippen molar-refractivity contribution < 1.29 is 14.2 Å². The van der Waals surface area contributed by atoms with Gasteiger partial charge in [0.05, 0.1) is 6.61 Å². The highest BCUT2D eigenvalue weighted by molar-refractivity contribution is 7.19. The number of fused-ring (bicyclic) bond motifs is 2. The van der Waals surface area contributed by atoms with Crippen molar-refractivity contribution in [2.24, 2.45) is 0 Å². The molecule has 0 bridgehead atoms. The second-order valence-electron chi connectivity index (χ2n) is 5.20. The molecule has 0 aliphatic carbocycles. The maximum absolute atomic E-state index is 13.3. The molecule has 1 aromatic heterocycles. The summed E-state index contributed by atoms with van der Waals surface area (Å²) >= 11 is 1.43. The summed E-state index contributed by atoms with van der Waals surface area (Å²) in [4.78, 5) is 0.828. The van der Waals surface area contributed by atoms with Gasteiger partial charge in [-0.05, 0) is 46.8 Å². The standard InChI is InChI=1S/C17H13FO2S/c18-13-3-1-11-8-16(21-15(11)9-13)17(19)12-2-4-14-10(7-12)5-6-20-14/h1-4,7-9,17,19H,5-6H2. The number of aliphatic hydroxyl groups excluding tert-OH is 1. The molecule has 2 nitrogen and oxygen atoms in total. The topological polar surface area (TPSA) is 29.5 Å². The quantitative estimate of drug-likeness (QED) is 0.773. The molecular formula is C17H13FO2S. The lowest BCUT2D eigenvalue weighted by Crippen LogP contribution is -1.97. The molecular weight excluding hydrogens is 287 g/mol. The monoisotopic (exact) mass is 300 g/mol. The van der Waals surface area contributed by atoms with E-state index in [1.807, 2.05) is 24.3 Å². The maximum Gasteiger partial charge on any atom is 0.124 e. The molecule has 1 aliphatic heterocycles. The van der Waals surface area contributed by atoms with Gasteiger partial charge in [-0.25, -0.2) is 4.39 Å². The molecule has 1 aliphatic rings. The number of hydrogen-bond donors (Lipinski definition) is 1. The van der Waals surface area contributed by atoms with Crippen molar-refractivity contribution >= 4 is 21.4 Å². The van der Waals surface area contributed by atoms with E-state index < -0.39 is 6.10 Å². The fourth-order valence-corrected chi connectivity index (χ4v) is 3.80. The molecule has 1 atom stereocenters. The fourth-order valence-electron chi connectivity index (χ4n) is 2.70. The number of rotatable bonds is 2. The molecule has 0 spiro atoms. The highest BCUT2D eigenvalue weighted by Crippen LogP contribution is 2.35. The summed E-state index contributed by atoms with van der Waals surface area (Å²) in [5.74, 6) is 0.657. The van der Waals surface area contributed by atoms with Crippen LogP contribution >= 0.6 is 11.3 Å². The van der Waals surface area contributed by atoms with Gasteiger partial charge in [-0.15, -0.1) is 11.3 Å². The molecule has 0 saturated carbocycles. The van der Waals surface area contributed by atoms with Gasteiger partial charge in [0.2, 0.25) is 0 Å². The zero-order valence-electron chi connectivity index (χ0n) is 11.2. The molecule has 2 aromatic carbocycles. The van der Waals surface area contributed by atoms with E-state index in [0.29, 0.717) is 6.61 Å². The minimum Gasteiger partial charge on any atom is -0.493 e. The number of hydrogen-bond acceptors (Lipinski definition) is 3. The second kappa shape index (κ2) is 4.83. The number of aliphatic hydroxyl groups is 1. The predicted octanol–water partition coefficient (Wildman–Crippen LogP) is 4.06. The first-order valence-corrected chi connectivity index (χ1v) is 7.65. The first kappa shape index (κ1) is 12.8. The zero-order valence-corrected chi connectivity index (χ0v) is 12.0. The molecule has 2 heterocycles. The third kappa shape index (κ3) is 2.20. The van der Waals surface area contributed by atoms with Gasteiger partial charge in [-0.1, -0.05) is 12.1 Å². The van der Waals surface area contributed by atoms with Crippen molar-refractivity contribution in [2.75, 3.05) is 6.61 Å². The first-order chi connectivity index (χ1) is 10.2. The molecule has 0 radical (unpaired) electrons. The highest BCUT2D eigenvalue weighted by atomic mass is 32.1. The van der Waals surface area contributed by atoms with Crippen LogP contribution in [0.1, 0.15) is 22.1 Å². The van der Waals surface area contributed by atoms with E-state index in [0.717, 1.165) is 38.3 Å². The first-order valence-electron chi connectivity index (χ1n) is 6.83. The Hall–Kier alpha value is -1.91. The largest absolute Gasteiger partial charge is 0.493 e. The van der Waals surface area contributed by atoms with Crippen molar-refractivity contribution in [3.63, 3.8) is 0 Å². The molecule has 0 amide bonds. The molecule has 3 aromatic rings. The van der Waals surface area contributed by atoms with Gasteiger partial charge in [0.25, 0.3) is 0 Å². The van der Waals surface area contributed by atoms with Crippen LogP contribution in [0.4, 0.5) is 4.39 Å². The van der Waals surface area contributed by atoms with Gasteiger partial charge in [0.15, 0.2) is 0 Å². The summed E-state index contributed by atoms with van der Waals surface area (Å²) in [6, 6.07) is 12.4. The maximum atomic E-state index is 13.3. The predicted molar refractivity (Wildman–Crippen MR) is 81.5 cm³/mol. The minimum absolute atomic E-state index is 0.250. The Morgan fingerprint density at radius 2 is 2.05 bits per heavy atom. The Balaban J connectivity index is 1.73. The molecule has 1 unspecified atom stereocenters. The van der Waals surface area contributed by atoms with Crippen molar-refractivity contribution in [3.8, 4) is 5.75 Å². The molecule has 1 N–H and O–H groups in total. The Labute approximate surface area is 125 Å². The summed E-state index contributed by atoms with van der Waals surface area (Å²) < 4.78 is 19.6. The van der Waals surface area contributed by atoms with Crippen molar-refractivity contribution in [1.29, 1.82) is 0 Å². The van der Waals surface area contributed by atoms with Gasteiger partial charge in [-0.3, -0.25) is 0 Å². The van der Waals surface area contributed by atoms with Crippen molar-refractivity contribution in [1.82, 2.24) is 0 Å². The molecule has 4 rings (SSSR count). The van der Waals surface area contributed by atoms with E-state index in [4.69, 9.17) is 4.74 Å². The van der Waals surface area contributed by atoms with Gasteiger partial charge in [0, 0.05) is 16.0 Å². The van der Waals surface area contributed by atoms with Gasteiger partial charge in [0.1, 0.15) is 17.7 Å². The van der Waals surface area contributed by atoms with Crippen LogP contribution in [0.15, 0.2) is 42.5 Å². The summed E-state index contributed by atoms with van der Waals surface area (Å²) in [5.41, 5.74) is 1.99. The van der Waals surface area contributed by atoms with Crippen LogP contribution in [0.25, 0.3) is 10.1 Å². The average molecular weight is 300 g/mol. The SMILES string of the molecule is OC(c1ccc2c(c1)CCO2)c1cc2ccc(F)cc2s1. The number of benzene rings is 2. The Bertz CT molecular complexity index is 825. The smallest absolute Gasteiger partial charge is 0.124 e. The lowest BCUT2D eigenvalue weighted by Gasteiger charge is -2.10. The Morgan fingerprint density at radius 1 is 1.14 bits per heavy atom. The number of halogens is 1. The van der Waals surface area contributed by atoms with Crippen LogP contribution < -0.4 is 4.74 Å². The summed E-state index contributed by atoms with van der Waals surface area (Å²) in [6.45, 7) is 0.705. The normalized spacial score (nSPS) is 15.0.